The Hall–Kier alpha value is -0.590. The zero-order valence-corrected chi connectivity index (χ0v) is 7.87. The zero-order valence-electron chi connectivity index (χ0n) is 7.87. The van der Waals surface area contributed by atoms with Gasteiger partial charge in [-0.2, -0.15) is 0 Å². The van der Waals surface area contributed by atoms with Gasteiger partial charge in [0.15, 0.2) is 0 Å². The van der Waals surface area contributed by atoms with E-state index in [1.165, 1.54) is 6.08 Å². The summed E-state index contributed by atoms with van der Waals surface area (Å²) in [5.74, 6) is -0.350. The Morgan fingerprint density at radius 3 is 2.00 bits per heavy atom. The van der Waals surface area contributed by atoms with Crippen molar-refractivity contribution in [3.63, 3.8) is 0 Å². The molecule has 64 valence electrons. The summed E-state index contributed by atoms with van der Waals surface area (Å²) in [7, 11) is 0. The lowest BCUT2D eigenvalue weighted by molar-refractivity contribution is 0.484. The van der Waals surface area contributed by atoms with Crippen molar-refractivity contribution in [3.05, 3.63) is 24.1 Å². The van der Waals surface area contributed by atoms with Crippen molar-refractivity contribution in [2.45, 2.75) is 34.1 Å². The fourth-order valence-corrected chi connectivity index (χ4v) is 1.04. The molecule has 11 heavy (non-hydrogen) atoms. The van der Waals surface area contributed by atoms with Gasteiger partial charge in [-0.3, -0.25) is 0 Å². The minimum atomic E-state index is -0.350. The van der Waals surface area contributed by atoms with Crippen LogP contribution in [0.5, 0.6) is 0 Å². The molecule has 0 saturated carbocycles. The highest BCUT2D eigenvalue weighted by molar-refractivity contribution is 5.19. The summed E-state index contributed by atoms with van der Waals surface area (Å²) in [5.41, 5.74) is 1.16. The van der Waals surface area contributed by atoms with Gasteiger partial charge in [0.25, 0.3) is 0 Å². The number of allylic oxidation sites excluding steroid dienone is 3. The number of hydrogen-bond acceptors (Lipinski definition) is 0. The van der Waals surface area contributed by atoms with E-state index < -0.39 is 0 Å². The number of halogens is 1. The third kappa shape index (κ3) is 3.97. The van der Waals surface area contributed by atoms with Gasteiger partial charge < -0.3 is 0 Å². The topological polar surface area (TPSA) is 0 Å². The predicted molar refractivity (Wildman–Crippen MR) is 48.1 cm³/mol. The smallest absolute Gasteiger partial charge is 0.116 e. The van der Waals surface area contributed by atoms with Gasteiger partial charge in [-0.15, -0.1) is 0 Å². The van der Waals surface area contributed by atoms with Crippen LogP contribution in [0.2, 0.25) is 0 Å². The van der Waals surface area contributed by atoms with Crippen LogP contribution in [0.1, 0.15) is 34.1 Å². The summed E-state index contributed by atoms with van der Waals surface area (Å²) in [6.45, 7) is 11.5. The largest absolute Gasteiger partial charge is 0.208 e. The highest BCUT2D eigenvalue weighted by Gasteiger charge is 2.14. The maximum Gasteiger partial charge on any atom is 0.116 e. The van der Waals surface area contributed by atoms with Gasteiger partial charge in [0.05, 0.1) is 0 Å². The van der Waals surface area contributed by atoms with Crippen LogP contribution in [0, 0.1) is 5.41 Å². The Kier molecular flexibility index (Phi) is 3.50. The fourth-order valence-electron chi connectivity index (χ4n) is 1.04. The molecular formula is C10H17F. The average molecular weight is 156 g/mol. The predicted octanol–water partition coefficient (Wildman–Crippen LogP) is 3.85. The van der Waals surface area contributed by atoms with E-state index in [9.17, 15) is 4.39 Å². The molecule has 0 bridgehead atoms. The molecule has 0 aromatic heterocycles. The summed E-state index contributed by atoms with van der Waals surface area (Å²) >= 11 is 0. The van der Waals surface area contributed by atoms with Gasteiger partial charge in [0.2, 0.25) is 0 Å². The second-order valence-corrected chi connectivity index (χ2v) is 3.72. The second-order valence-electron chi connectivity index (χ2n) is 3.72. The normalized spacial score (nSPS) is 13.4. The van der Waals surface area contributed by atoms with E-state index in [1.54, 1.807) is 0 Å². The first-order valence-corrected chi connectivity index (χ1v) is 3.93. The van der Waals surface area contributed by atoms with Gasteiger partial charge in [-0.25, -0.2) is 4.39 Å². The molecule has 0 heterocycles. The molecule has 0 atom stereocenters. The molecule has 0 unspecified atom stereocenters. The first kappa shape index (κ1) is 10.4. The Morgan fingerprint density at radius 1 is 1.45 bits per heavy atom. The number of hydrogen-bond donors (Lipinski definition) is 0. The third-order valence-electron chi connectivity index (χ3n) is 1.68. The van der Waals surface area contributed by atoms with Gasteiger partial charge in [0.1, 0.15) is 5.83 Å². The van der Waals surface area contributed by atoms with E-state index in [1.807, 2.05) is 6.92 Å². The van der Waals surface area contributed by atoms with Crippen molar-refractivity contribution in [3.8, 4) is 0 Å². The van der Waals surface area contributed by atoms with Crippen molar-refractivity contribution in [1.29, 1.82) is 0 Å². The molecule has 0 nitrogen and oxygen atoms in total. The molecule has 0 spiro atoms. The first-order chi connectivity index (χ1) is 4.88. The Bertz CT molecular complexity index is 170. The third-order valence-corrected chi connectivity index (χ3v) is 1.68. The van der Waals surface area contributed by atoms with Crippen LogP contribution >= 0.6 is 0 Å². The van der Waals surface area contributed by atoms with Crippen molar-refractivity contribution in [2.24, 2.45) is 5.41 Å². The van der Waals surface area contributed by atoms with Crippen molar-refractivity contribution >= 4 is 0 Å². The lowest BCUT2D eigenvalue weighted by Crippen LogP contribution is -2.08. The SMILES string of the molecule is C=C(F)/C=C(\CC)C(C)(C)C. The van der Waals surface area contributed by atoms with Crippen LogP contribution in [0.25, 0.3) is 0 Å². The highest BCUT2D eigenvalue weighted by atomic mass is 19.1. The van der Waals surface area contributed by atoms with Crippen LogP contribution < -0.4 is 0 Å². The van der Waals surface area contributed by atoms with Gasteiger partial charge in [0, 0.05) is 0 Å². The molecule has 1 heteroatoms. The highest BCUT2D eigenvalue weighted by Crippen LogP contribution is 2.28. The molecule has 0 fully saturated rings. The summed E-state index contributed by atoms with van der Waals surface area (Å²) in [5, 5.41) is 0. The lowest BCUT2D eigenvalue weighted by Gasteiger charge is -2.21. The standard InChI is InChI=1S/C10H17F/c1-6-9(7-8(2)11)10(3,4)5/h7H,2,6H2,1,3-5H3/b9-7+. The fraction of sp³-hybridized carbons (Fsp3) is 0.600. The Morgan fingerprint density at radius 2 is 1.91 bits per heavy atom. The maximum absolute atomic E-state index is 12.4. The van der Waals surface area contributed by atoms with Crippen molar-refractivity contribution in [2.75, 3.05) is 0 Å². The van der Waals surface area contributed by atoms with Crippen LogP contribution in [0.3, 0.4) is 0 Å². The molecular weight excluding hydrogens is 139 g/mol. The van der Waals surface area contributed by atoms with Crippen LogP contribution in [0.4, 0.5) is 4.39 Å². The van der Waals surface area contributed by atoms with Gasteiger partial charge in [-0.1, -0.05) is 39.8 Å². The minimum Gasteiger partial charge on any atom is -0.208 e. The molecule has 0 aliphatic carbocycles. The summed E-state index contributed by atoms with van der Waals surface area (Å²) < 4.78 is 12.4. The van der Waals surface area contributed by atoms with E-state index in [4.69, 9.17) is 0 Å². The lowest BCUT2D eigenvalue weighted by atomic mass is 9.84. The van der Waals surface area contributed by atoms with E-state index in [0.717, 1.165) is 12.0 Å². The minimum absolute atomic E-state index is 0.0593. The number of rotatable bonds is 2. The van der Waals surface area contributed by atoms with Crippen LogP contribution in [-0.2, 0) is 0 Å². The summed E-state index contributed by atoms with van der Waals surface area (Å²) in [6.07, 6.45) is 2.41. The molecule has 0 N–H and O–H groups in total. The Labute approximate surface area is 68.8 Å². The van der Waals surface area contributed by atoms with Crippen molar-refractivity contribution in [1.82, 2.24) is 0 Å². The summed E-state index contributed by atoms with van der Waals surface area (Å²) in [6, 6.07) is 0. The molecule has 0 aliphatic rings. The van der Waals surface area contributed by atoms with Gasteiger partial charge >= 0.3 is 0 Å². The van der Waals surface area contributed by atoms with Crippen LogP contribution in [-0.4, -0.2) is 0 Å². The quantitative estimate of drug-likeness (QED) is 0.533. The first-order valence-electron chi connectivity index (χ1n) is 3.93. The maximum atomic E-state index is 12.4. The van der Waals surface area contributed by atoms with Crippen LogP contribution in [0.15, 0.2) is 24.1 Å². The van der Waals surface area contributed by atoms with E-state index in [-0.39, 0.29) is 11.2 Å². The summed E-state index contributed by atoms with van der Waals surface area (Å²) in [4.78, 5) is 0. The monoisotopic (exact) mass is 156 g/mol. The molecule has 0 rings (SSSR count). The molecule has 0 saturated heterocycles. The van der Waals surface area contributed by atoms with Crippen molar-refractivity contribution < 1.29 is 4.39 Å². The molecule has 0 aliphatic heterocycles. The molecule has 0 aromatic carbocycles. The Balaban J connectivity index is 4.54. The van der Waals surface area contributed by atoms with Gasteiger partial charge in [-0.05, 0) is 17.9 Å². The molecule has 0 amide bonds. The average Bonchev–Trinajstić information content (AvgIpc) is 1.79. The second kappa shape index (κ2) is 3.70. The molecule has 0 aromatic rings. The zero-order chi connectivity index (χ0) is 9.07. The van der Waals surface area contributed by atoms with E-state index in [2.05, 4.69) is 27.4 Å². The molecule has 0 radical (unpaired) electrons. The van der Waals surface area contributed by atoms with E-state index in [0.29, 0.717) is 0 Å². The van der Waals surface area contributed by atoms with E-state index >= 15 is 0 Å².